The molecule has 3 aromatic carbocycles. The van der Waals surface area contributed by atoms with Crippen molar-refractivity contribution >= 4 is 35.1 Å². The number of rotatable bonds is 5. The minimum absolute atomic E-state index is 0.341. The molecule has 1 aliphatic carbocycles. The molecule has 1 heterocycles. The van der Waals surface area contributed by atoms with Crippen LogP contribution in [0.1, 0.15) is 30.4 Å². The number of benzene rings is 3. The van der Waals surface area contributed by atoms with E-state index in [0.717, 1.165) is 35.3 Å². The number of urea groups is 1. The van der Waals surface area contributed by atoms with Crippen LogP contribution >= 0.6 is 11.6 Å². The van der Waals surface area contributed by atoms with Crippen LogP contribution in [0.2, 0.25) is 5.02 Å². The van der Waals surface area contributed by atoms with E-state index in [9.17, 15) is 14.4 Å². The Morgan fingerprint density at radius 3 is 2.63 bits per heavy atom. The van der Waals surface area contributed by atoms with Gasteiger partial charge in [0.15, 0.2) is 5.75 Å². The van der Waals surface area contributed by atoms with Gasteiger partial charge in [-0.2, -0.15) is 0 Å². The van der Waals surface area contributed by atoms with Crippen molar-refractivity contribution < 1.29 is 19.1 Å². The number of halogens is 1. The Balaban J connectivity index is 1.36. The first-order chi connectivity index (χ1) is 17.0. The summed E-state index contributed by atoms with van der Waals surface area (Å²) in [5.41, 5.74) is 1.06. The standard InChI is InChI=1S/C27H24ClN3O4/c28-19-13-14-23(35-20-10-2-1-3-11-20)22(16-19)29-24(32)17-31-25(33)27(30-26(31)34)15-7-6-9-18-8-4-5-12-21(18)27/h1-5,8,10-14,16H,6-7,9,15,17H2,(H,29,32)(H,30,34). The van der Waals surface area contributed by atoms with Gasteiger partial charge in [0.2, 0.25) is 5.91 Å². The fourth-order valence-electron chi connectivity index (χ4n) is 4.75. The Bertz CT molecular complexity index is 1300. The Kier molecular flexibility index (Phi) is 6.17. The van der Waals surface area contributed by atoms with Crippen LogP contribution in [0.5, 0.6) is 11.5 Å². The lowest BCUT2D eigenvalue weighted by atomic mass is 9.84. The maximum atomic E-state index is 13.6. The Labute approximate surface area is 208 Å². The molecule has 0 saturated carbocycles. The second-order valence-corrected chi connectivity index (χ2v) is 9.13. The molecule has 178 valence electrons. The van der Waals surface area contributed by atoms with Gasteiger partial charge in [0.25, 0.3) is 5.91 Å². The number of imide groups is 1. The highest BCUT2D eigenvalue weighted by Gasteiger charge is 2.53. The van der Waals surface area contributed by atoms with Crippen molar-refractivity contribution in [3.05, 3.63) is 88.9 Å². The van der Waals surface area contributed by atoms with Gasteiger partial charge in [-0.25, -0.2) is 4.79 Å². The molecule has 3 aromatic rings. The zero-order chi connectivity index (χ0) is 24.4. The summed E-state index contributed by atoms with van der Waals surface area (Å²) < 4.78 is 5.89. The Morgan fingerprint density at radius 2 is 1.80 bits per heavy atom. The molecule has 0 aromatic heterocycles. The number of hydrogen-bond acceptors (Lipinski definition) is 4. The highest BCUT2D eigenvalue weighted by Crippen LogP contribution is 2.39. The molecule has 1 spiro atoms. The van der Waals surface area contributed by atoms with Crippen LogP contribution in [0.3, 0.4) is 0 Å². The number of para-hydroxylation sites is 1. The van der Waals surface area contributed by atoms with E-state index in [1.54, 1.807) is 30.3 Å². The van der Waals surface area contributed by atoms with Crippen LogP contribution in [-0.4, -0.2) is 29.3 Å². The topological polar surface area (TPSA) is 87.7 Å². The number of fused-ring (bicyclic) bond motifs is 2. The summed E-state index contributed by atoms with van der Waals surface area (Å²) in [6.45, 7) is -0.425. The Hall–Kier alpha value is -3.84. The van der Waals surface area contributed by atoms with Gasteiger partial charge >= 0.3 is 6.03 Å². The number of nitrogens with one attached hydrogen (secondary N) is 2. The average molecular weight is 490 g/mol. The fourth-order valence-corrected chi connectivity index (χ4v) is 4.93. The summed E-state index contributed by atoms with van der Waals surface area (Å²) in [4.78, 5) is 40.4. The molecule has 0 bridgehead atoms. The van der Waals surface area contributed by atoms with Gasteiger partial charge in [0.05, 0.1) is 5.69 Å². The largest absolute Gasteiger partial charge is 0.455 e. The van der Waals surface area contributed by atoms with E-state index in [4.69, 9.17) is 16.3 Å². The van der Waals surface area contributed by atoms with Crippen LogP contribution < -0.4 is 15.4 Å². The second kappa shape index (κ2) is 9.43. The van der Waals surface area contributed by atoms with E-state index in [1.807, 2.05) is 42.5 Å². The normalized spacial score (nSPS) is 19.2. The molecule has 1 unspecified atom stereocenters. The van der Waals surface area contributed by atoms with E-state index < -0.39 is 29.9 Å². The monoisotopic (exact) mass is 489 g/mol. The first-order valence-electron chi connectivity index (χ1n) is 11.5. The van der Waals surface area contributed by atoms with Crippen molar-refractivity contribution in [1.29, 1.82) is 0 Å². The lowest BCUT2D eigenvalue weighted by Gasteiger charge is -2.27. The van der Waals surface area contributed by atoms with E-state index >= 15 is 0 Å². The van der Waals surface area contributed by atoms with E-state index in [2.05, 4.69) is 10.6 Å². The molecular formula is C27H24ClN3O4. The molecule has 1 atom stereocenters. The molecule has 4 amide bonds. The lowest BCUT2D eigenvalue weighted by molar-refractivity contribution is -0.134. The minimum Gasteiger partial charge on any atom is -0.455 e. The predicted molar refractivity (Wildman–Crippen MR) is 133 cm³/mol. The van der Waals surface area contributed by atoms with Gasteiger partial charge in [-0.3, -0.25) is 14.5 Å². The summed E-state index contributed by atoms with van der Waals surface area (Å²) >= 11 is 6.15. The molecule has 1 saturated heterocycles. The summed E-state index contributed by atoms with van der Waals surface area (Å²) in [5.74, 6) is 0.0418. The third-order valence-corrected chi connectivity index (χ3v) is 6.62. The fraction of sp³-hybridized carbons (Fsp3) is 0.222. The second-order valence-electron chi connectivity index (χ2n) is 8.69. The quantitative estimate of drug-likeness (QED) is 0.479. The highest BCUT2D eigenvalue weighted by molar-refractivity contribution is 6.31. The molecule has 1 fully saturated rings. The third kappa shape index (κ3) is 4.47. The van der Waals surface area contributed by atoms with Crippen molar-refractivity contribution in [2.45, 2.75) is 31.2 Å². The van der Waals surface area contributed by atoms with E-state index in [0.29, 0.717) is 28.6 Å². The molecule has 2 N–H and O–H groups in total. The van der Waals surface area contributed by atoms with Crippen LogP contribution in [-0.2, 0) is 21.5 Å². The van der Waals surface area contributed by atoms with Crippen molar-refractivity contribution in [1.82, 2.24) is 10.2 Å². The van der Waals surface area contributed by atoms with E-state index in [1.165, 1.54) is 0 Å². The Morgan fingerprint density at radius 1 is 1.03 bits per heavy atom. The zero-order valence-corrected chi connectivity index (χ0v) is 19.7. The number of aryl methyl sites for hydroxylation is 1. The van der Waals surface area contributed by atoms with Crippen molar-refractivity contribution in [3.63, 3.8) is 0 Å². The average Bonchev–Trinajstić information content (AvgIpc) is 2.98. The van der Waals surface area contributed by atoms with E-state index in [-0.39, 0.29) is 0 Å². The van der Waals surface area contributed by atoms with Crippen LogP contribution in [0, 0.1) is 0 Å². The van der Waals surface area contributed by atoms with Gasteiger partial charge in [-0.05, 0) is 67.1 Å². The summed E-state index contributed by atoms with van der Waals surface area (Å²) in [5, 5.41) is 6.05. The first kappa shape index (κ1) is 22.9. The number of anilines is 1. The van der Waals surface area contributed by atoms with Crippen LogP contribution in [0.15, 0.2) is 72.8 Å². The number of ether oxygens (including phenoxy) is 1. The SMILES string of the molecule is O=C(CN1C(=O)NC2(CCCCc3ccccc32)C1=O)Nc1cc(Cl)ccc1Oc1ccccc1. The predicted octanol–water partition coefficient (Wildman–Crippen LogP) is 5.24. The van der Waals surface area contributed by atoms with Crippen molar-refractivity contribution in [2.24, 2.45) is 0 Å². The molecule has 1 aliphatic heterocycles. The summed E-state index contributed by atoms with van der Waals surface area (Å²) in [7, 11) is 0. The minimum atomic E-state index is -1.14. The first-order valence-corrected chi connectivity index (χ1v) is 11.9. The number of carbonyl (C=O) groups excluding carboxylic acids is 3. The van der Waals surface area contributed by atoms with Gasteiger partial charge in [-0.1, -0.05) is 54.1 Å². The lowest BCUT2D eigenvalue weighted by Crippen LogP contribution is -2.44. The number of carbonyl (C=O) groups is 3. The van der Waals surface area contributed by atoms with Crippen molar-refractivity contribution in [2.75, 3.05) is 11.9 Å². The number of amides is 4. The third-order valence-electron chi connectivity index (χ3n) is 6.39. The van der Waals surface area contributed by atoms with Gasteiger partial charge in [0, 0.05) is 5.02 Å². The zero-order valence-electron chi connectivity index (χ0n) is 18.9. The number of hydrogen-bond donors (Lipinski definition) is 2. The van der Waals surface area contributed by atoms with Crippen molar-refractivity contribution in [3.8, 4) is 11.5 Å². The highest BCUT2D eigenvalue weighted by atomic mass is 35.5. The van der Waals surface area contributed by atoms with Gasteiger partial charge in [0.1, 0.15) is 17.8 Å². The summed E-state index contributed by atoms with van der Waals surface area (Å²) in [6.07, 6.45) is 3.07. The van der Waals surface area contributed by atoms with Crippen LogP contribution in [0.25, 0.3) is 0 Å². The molecule has 7 nitrogen and oxygen atoms in total. The van der Waals surface area contributed by atoms with Gasteiger partial charge < -0.3 is 15.4 Å². The van der Waals surface area contributed by atoms with Crippen LogP contribution in [0.4, 0.5) is 10.5 Å². The molecule has 0 radical (unpaired) electrons. The molecule has 5 rings (SSSR count). The smallest absolute Gasteiger partial charge is 0.325 e. The maximum absolute atomic E-state index is 13.6. The molecule has 2 aliphatic rings. The maximum Gasteiger partial charge on any atom is 0.325 e. The number of nitrogens with zero attached hydrogens (tertiary/aromatic N) is 1. The summed E-state index contributed by atoms with van der Waals surface area (Å²) in [6, 6.07) is 21.1. The molecular weight excluding hydrogens is 466 g/mol. The van der Waals surface area contributed by atoms with Gasteiger partial charge in [-0.15, -0.1) is 0 Å². The molecule has 8 heteroatoms. The molecule has 35 heavy (non-hydrogen) atoms.